The van der Waals surface area contributed by atoms with Crippen LogP contribution in [0, 0.1) is 0 Å². The summed E-state index contributed by atoms with van der Waals surface area (Å²) in [5.74, 6) is -0.538. The van der Waals surface area contributed by atoms with Crippen LogP contribution in [0.5, 0.6) is 0 Å². The zero-order valence-corrected chi connectivity index (χ0v) is 19.3. The number of carbonyl (C=O) groups is 1. The lowest BCUT2D eigenvalue weighted by molar-refractivity contribution is 0.0599. The molecule has 0 amide bonds. The van der Waals surface area contributed by atoms with Crippen LogP contribution in [0.25, 0.3) is 10.8 Å². The molecule has 0 aliphatic carbocycles. The minimum absolute atomic E-state index is 0.00981. The molecule has 3 aromatic rings. The number of methoxy groups -OCH3 is 1. The summed E-state index contributed by atoms with van der Waals surface area (Å²) in [7, 11) is -2.64. The summed E-state index contributed by atoms with van der Waals surface area (Å²) in [5.41, 5.74) is -0.628. The van der Waals surface area contributed by atoms with E-state index in [0.717, 1.165) is 23.7 Å². The molecule has 1 N–H and O–H groups in total. The number of sulfone groups is 1. The fraction of sp³-hybridized carbons (Fsp3) is 0.292. The average Bonchev–Trinajstić information content (AvgIpc) is 3.23. The SMILES string of the molecule is COC(=O)c1cccc(C(OC[C@@H]2C[C@@H](S)CN2)S(=O)(=O)c2ccc3ccccc3c2)c1. The van der Waals surface area contributed by atoms with Gasteiger partial charge in [-0.15, -0.1) is 0 Å². The molecule has 3 aromatic carbocycles. The van der Waals surface area contributed by atoms with Gasteiger partial charge in [0.05, 0.1) is 24.2 Å². The predicted molar refractivity (Wildman–Crippen MR) is 127 cm³/mol. The van der Waals surface area contributed by atoms with Gasteiger partial charge in [0.25, 0.3) is 0 Å². The summed E-state index contributed by atoms with van der Waals surface area (Å²) >= 11 is 4.47. The zero-order chi connectivity index (χ0) is 22.7. The molecule has 1 aliphatic rings. The van der Waals surface area contributed by atoms with Gasteiger partial charge < -0.3 is 14.8 Å². The first-order valence-corrected chi connectivity index (χ1v) is 12.4. The van der Waals surface area contributed by atoms with Gasteiger partial charge in [-0.3, -0.25) is 0 Å². The fourth-order valence-electron chi connectivity index (χ4n) is 3.89. The Bertz CT molecular complexity index is 1230. The number of fused-ring (bicyclic) bond motifs is 1. The van der Waals surface area contributed by atoms with E-state index in [2.05, 4.69) is 17.9 Å². The third-order valence-corrected chi connectivity index (χ3v) is 7.84. The van der Waals surface area contributed by atoms with E-state index in [1.54, 1.807) is 36.4 Å². The van der Waals surface area contributed by atoms with Crippen molar-refractivity contribution >= 4 is 39.2 Å². The second kappa shape index (κ2) is 9.62. The van der Waals surface area contributed by atoms with Crippen LogP contribution in [0.15, 0.2) is 71.6 Å². The van der Waals surface area contributed by atoms with Gasteiger partial charge in [0.1, 0.15) is 0 Å². The molecule has 1 aliphatic heterocycles. The van der Waals surface area contributed by atoms with Crippen molar-refractivity contribution in [2.24, 2.45) is 0 Å². The number of rotatable bonds is 7. The van der Waals surface area contributed by atoms with Crippen LogP contribution in [-0.2, 0) is 19.3 Å². The van der Waals surface area contributed by atoms with Crippen LogP contribution in [0.4, 0.5) is 0 Å². The Morgan fingerprint density at radius 1 is 1.09 bits per heavy atom. The van der Waals surface area contributed by atoms with Gasteiger partial charge in [0.2, 0.25) is 9.84 Å². The van der Waals surface area contributed by atoms with Gasteiger partial charge in [0.15, 0.2) is 5.44 Å². The molecule has 0 aromatic heterocycles. The molecule has 1 unspecified atom stereocenters. The van der Waals surface area contributed by atoms with Crippen LogP contribution >= 0.6 is 12.6 Å². The lowest BCUT2D eigenvalue weighted by Crippen LogP contribution is -2.29. The van der Waals surface area contributed by atoms with Crippen molar-refractivity contribution in [3.8, 4) is 0 Å². The monoisotopic (exact) mass is 471 g/mol. The van der Waals surface area contributed by atoms with E-state index in [-0.39, 0.29) is 28.4 Å². The number of hydrogen-bond donors (Lipinski definition) is 2. The smallest absolute Gasteiger partial charge is 0.337 e. The van der Waals surface area contributed by atoms with Crippen molar-refractivity contribution in [2.45, 2.75) is 28.0 Å². The largest absolute Gasteiger partial charge is 0.465 e. The van der Waals surface area contributed by atoms with E-state index < -0.39 is 21.2 Å². The predicted octanol–water partition coefficient (Wildman–Crippen LogP) is 3.78. The van der Waals surface area contributed by atoms with Gasteiger partial charge in [0, 0.05) is 17.8 Å². The van der Waals surface area contributed by atoms with Crippen molar-refractivity contribution in [2.75, 3.05) is 20.3 Å². The van der Waals surface area contributed by atoms with E-state index in [9.17, 15) is 13.2 Å². The highest BCUT2D eigenvalue weighted by Gasteiger charge is 2.33. The number of hydrogen-bond acceptors (Lipinski definition) is 7. The molecule has 0 saturated carbocycles. The van der Waals surface area contributed by atoms with E-state index in [1.807, 2.05) is 24.3 Å². The fourth-order valence-corrected chi connectivity index (χ4v) is 5.81. The van der Waals surface area contributed by atoms with Gasteiger partial charge in [-0.25, -0.2) is 13.2 Å². The number of carbonyl (C=O) groups excluding carboxylic acids is 1. The molecule has 0 bridgehead atoms. The second-order valence-electron chi connectivity index (χ2n) is 7.83. The molecule has 6 nitrogen and oxygen atoms in total. The second-order valence-corrected chi connectivity index (χ2v) is 10.6. The Morgan fingerprint density at radius 3 is 2.59 bits per heavy atom. The van der Waals surface area contributed by atoms with Gasteiger partial charge in [-0.2, -0.15) is 12.6 Å². The van der Waals surface area contributed by atoms with Crippen LogP contribution in [0.2, 0.25) is 0 Å². The Hall–Kier alpha value is -2.39. The number of esters is 1. The first-order chi connectivity index (χ1) is 15.4. The Labute approximate surface area is 193 Å². The molecular formula is C24H25NO5S2. The summed E-state index contributed by atoms with van der Waals surface area (Å²) in [6.45, 7) is 0.952. The first kappa shape index (κ1) is 22.8. The summed E-state index contributed by atoms with van der Waals surface area (Å²) < 4.78 is 38.3. The number of nitrogens with one attached hydrogen (secondary N) is 1. The van der Waals surface area contributed by atoms with E-state index >= 15 is 0 Å². The number of benzene rings is 3. The summed E-state index contributed by atoms with van der Waals surface area (Å²) in [6.07, 6.45) is 0.786. The highest BCUT2D eigenvalue weighted by atomic mass is 32.2. The highest BCUT2D eigenvalue weighted by molar-refractivity contribution is 7.91. The highest BCUT2D eigenvalue weighted by Crippen LogP contribution is 2.33. The molecule has 1 saturated heterocycles. The number of ether oxygens (including phenoxy) is 2. The Morgan fingerprint density at radius 2 is 1.88 bits per heavy atom. The van der Waals surface area contributed by atoms with Gasteiger partial charge >= 0.3 is 5.97 Å². The lowest BCUT2D eigenvalue weighted by Gasteiger charge is -2.22. The maximum absolute atomic E-state index is 13.7. The van der Waals surface area contributed by atoms with Crippen LogP contribution in [-0.4, -0.2) is 45.9 Å². The van der Waals surface area contributed by atoms with Crippen LogP contribution < -0.4 is 5.32 Å². The molecular weight excluding hydrogens is 446 g/mol. The summed E-state index contributed by atoms with van der Waals surface area (Å²) in [5, 5.41) is 5.28. The summed E-state index contributed by atoms with van der Waals surface area (Å²) in [6, 6.07) is 19.0. The minimum atomic E-state index is -3.92. The lowest BCUT2D eigenvalue weighted by atomic mass is 10.1. The summed E-state index contributed by atoms with van der Waals surface area (Å²) in [4.78, 5) is 12.2. The van der Waals surface area contributed by atoms with E-state index in [4.69, 9.17) is 9.47 Å². The third kappa shape index (κ3) is 4.83. The molecule has 4 rings (SSSR count). The van der Waals surface area contributed by atoms with Crippen molar-refractivity contribution < 1.29 is 22.7 Å². The van der Waals surface area contributed by atoms with E-state index in [1.165, 1.54) is 13.2 Å². The standard InChI is InChI=1S/C24H25NO5S2/c1-29-23(26)18-7-4-8-19(11-18)24(30-15-20-13-21(31)14-25-20)32(27,28)22-10-9-16-5-2-3-6-17(16)12-22/h2-12,20-21,24-25,31H,13-15H2,1H3/t20-,21+,24?/m0/s1. The molecule has 8 heteroatoms. The van der Waals surface area contributed by atoms with Crippen molar-refractivity contribution in [1.29, 1.82) is 0 Å². The van der Waals surface area contributed by atoms with Crippen molar-refractivity contribution in [1.82, 2.24) is 5.32 Å². The Kier molecular flexibility index (Phi) is 6.85. The van der Waals surface area contributed by atoms with Crippen LogP contribution in [0.3, 0.4) is 0 Å². The molecule has 1 heterocycles. The Balaban J connectivity index is 1.72. The third-order valence-electron chi connectivity index (χ3n) is 5.56. The van der Waals surface area contributed by atoms with Crippen molar-refractivity contribution in [3.05, 3.63) is 77.9 Å². The normalized spacial score (nSPS) is 19.7. The topological polar surface area (TPSA) is 81.7 Å². The quantitative estimate of drug-likeness (QED) is 0.403. The molecule has 168 valence electrons. The first-order valence-electron chi connectivity index (χ1n) is 10.3. The van der Waals surface area contributed by atoms with E-state index in [0.29, 0.717) is 5.56 Å². The van der Waals surface area contributed by atoms with Crippen molar-refractivity contribution in [3.63, 3.8) is 0 Å². The molecule has 1 fully saturated rings. The average molecular weight is 472 g/mol. The number of thiol groups is 1. The van der Waals surface area contributed by atoms with Gasteiger partial charge in [-0.05, 0) is 47.0 Å². The van der Waals surface area contributed by atoms with Crippen LogP contribution in [0.1, 0.15) is 27.8 Å². The molecule has 3 atom stereocenters. The van der Waals surface area contributed by atoms with Gasteiger partial charge in [-0.1, -0.05) is 42.5 Å². The molecule has 0 spiro atoms. The maximum atomic E-state index is 13.7. The molecule has 0 radical (unpaired) electrons. The molecule has 32 heavy (non-hydrogen) atoms. The maximum Gasteiger partial charge on any atom is 0.337 e. The zero-order valence-electron chi connectivity index (χ0n) is 17.6. The minimum Gasteiger partial charge on any atom is -0.465 e.